The number of hydrogen-bond acceptors (Lipinski definition) is 5. The highest BCUT2D eigenvalue weighted by Gasteiger charge is 2.47. The van der Waals surface area contributed by atoms with E-state index in [9.17, 15) is 9.18 Å². The van der Waals surface area contributed by atoms with Crippen LogP contribution in [0.15, 0.2) is 36.4 Å². The first-order valence-corrected chi connectivity index (χ1v) is 13.6. The van der Waals surface area contributed by atoms with E-state index in [-0.39, 0.29) is 23.8 Å². The lowest BCUT2D eigenvalue weighted by Gasteiger charge is -2.42. The molecule has 1 aliphatic rings. The highest BCUT2D eigenvalue weighted by Crippen LogP contribution is 2.45. The summed E-state index contributed by atoms with van der Waals surface area (Å²) < 4.78 is 31.1. The van der Waals surface area contributed by atoms with E-state index >= 15 is 0 Å². The molecule has 1 aliphatic carbocycles. The van der Waals surface area contributed by atoms with Crippen molar-refractivity contribution in [3.05, 3.63) is 58.9 Å². The SMILES string of the molecule is CCC[C@](CCN(C)CCc1cc(OC)c(OC)cc1F)(C(=O)OC(C)C)C1CCc2ccccc2C1. The van der Waals surface area contributed by atoms with Gasteiger partial charge in [0.1, 0.15) is 5.82 Å². The quantitative estimate of drug-likeness (QED) is 0.296. The maximum atomic E-state index is 14.7. The second-order valence-corrected chi connectivity index (χ2v) is 10.7. The zero-order chi connectivity index (χ0) is 27.0. The summed E-state index contributed by atoms with van der Waals surface area (Å²) in [4.78, 5) is 15.9. The van der Waals surface area contributed by atoms with Crippen molar-refractivity contribution in [2.75, 3.05) is 34.4 Å². The van der Waals surface area contributed by atoms with Crippen LogP contribution in [0.4, 0.5) is 4.39 Å². The van der Waals surface area contributed by atoms with E-state index in [0.29, 0.717) is 30.0 Å². The van der Waals surface area contributed by atoms with Gasteiger partial charge in [-0.05, 0) is 94.6 Å². The average molecular weight is 514 g/mol. The Morgan fingerprint density at radius 1 is 1.08 bits per heavy atom. The van der Waals surface area contributed by atoms with Gasteiger partial charge in [0.05, 0.1) is 25.7 Å². The molecule has 0 aromatic heterocycles. The zero-order valence-electron chi connectivity index (χ0n) is 23.4. The van der Waals surface area contributed by atoms with Crippen LogP contribution in [-0.4, -0.2) is 51.3 Å². The van der Waals surface area contributed by atoms with Crippen molar-refractivity contribution in [1.29, 1.82) is 0 Å². The first-order valence-electron chi connectivity index (χ1n) is 13.6. The molecule has 5 nitrogen and oxygen atoms in total. The number of aryl methyl sites for hydroxylation is 1. The van der Waals surface area contributed by atoms with Gasteiger partial charge < -0.3 is 19.1 Å². The number of ether oxygens (including phenoxy) is 3. The standard InChI is InChI=1S/C31H44FNO4/c1-7-15-31(30(34)37-22(2)3,26-13-12-23-10-8-9-11-24(23)19-26)16-18-33(4)17-14-25-20-28(35-5)29(36-6)21-27(25)32/h8-11,20-22,26H,7,12-19H2,1-6H3/t26?,31-/m1/s1. The molecule has 3 rings (SSSR count). The van der Waals surface area contributed by atoms with Gasteiger partial charge >= 0.3 is 5.97 Å². The van der Waals surface area contributed by atoms with E-state index in [1.54, 1.807) is 13.2 Å². The van der Waals surface area contributed by atoms with Gasteiger partial charge in [-0.25, -0.2) is 4.39 Å². The molecule has 0 saturated heterocycles. The van der Waals surface area contributed by atoms with Gasteiger partial charge in [0.2, 0.25) is 0 Å². The molecule has 0 heterocycles. The summed E-state index contributed by atoms with van der Waals surface area (Å²) >= 11 is 0. The van der Waals surface area contributed by atoms with Crippen molar-refractivity contribution in [2.45, 2.75) is 71.8 Å². The molecule has 2 atom stereocenters. The molecule has 0 saturated carbocycles. The van der Waals surface area contributed by atoms with Gasteiger partial charge in [0.25, 0.3) is 0 Å². The molecule has 1 unspecified atom stereocenters. The molecule has 0 spiro atoms. The molecule has 0 fully saturated rings. The average Bonchev–Trinajstić information content (AvgIpc) is 2.89. The highest BCUT2D eigenvalue weighted by molar-refractivity contribution is 5.77. The molecule has 204 valence electrons. The first kappa shape index (κ1) is 29.0. The summed E-state index contributed by atoms with van der Waals surface area (Å²) in [5.41, 5.74) is 2.81. The molecular weight excluding hydrogens is 469 g/mol. The van der Waals surface area contributed by atoms with Crippen LogP contribution in [0.3, 0.4) is 0 Å². The Bertz CT molecular complexity index is 1040. The molecule has 0 aliphatic heterocycles. The number of halogens is 1. The maximum Gasteiger partial charge on any atom is 0.312 e. The van der Waals surface area contributed by atoms with E-state index in [4.69, 9.17) is 14.2 Å². The monoisotopic (exact) mass is 513 g/mol. The summed E-state index contributed by atoms with van der Waals surface area (Å²) in [5.74, 6) is 0.794. The summed E-state index contributed by atoms with van der Waals surface area (Å²) in [6.07, 6.45) is 5.74. The zero-order valence-corrected chi connectivity index (χ0v) is 23.4. The molecule has 0 bridgehead atoms. The van der Waals surface area contributed by atoms with Gasteiger partial charge in [0.15, 0.2) is 11.5 Å². The van der Waals surface area contributed by atoms with Crippen LogP contribution in [0.1, 0.15) is 63.1 Å². The van der Waals surface area contributed by atoms with Crippen molar-refractivity contribution in [2.24, 2.45) is 11.3 Å². The highest BCUT2D eigenvalue weighted by atomic mass is 19.1. The number of fused-ring (bicyclic) bond motifs is 1. The van der Waals surface area contributed by atoms with Gasteiger partial charge in [0, 0.05) is 12.6 Å². The Morgan fingerprint density at radius 2 is 1.76 bits per heavy atom. The number of carbonyl (C=O) groups is 1. The predicted octanol–water partition coefficient (Wildman–Crippen LogP) is 6.25. The van der Waals surface area contributed by atoms with Crippen molar-refractivity contribution in [3.63, 3.8) is 0 Å². The van der Waals surface area contributed by atoms with E-state index in [2.05, 4.69) is 36.1 Å². The van der Waals surface area contributed by atoms with Crippen molar-refractivity contribution in [1.82, 2.24) is 4.90 Å². The molecule has 0 radical (unpaired) electrons. The van der Waals surface area contributed by atoms with Gasteiger partial charge in [-0.3, -0.25) is 4.79 Å². The van der Waals surface area contributed by atoms with Gasteiger partial charge in [-0.2, -0.15) is 0 Å². The van der Waals surface area contributed by atoms with Crippen LogP contribution >= 0.6 is 0 Å². The number of methoxy groups -OCH3 is 2. The second kappa shape index (κ2) is 13.3. The fourth-order valence-electron chi connectivity index (χ4n) is 5.75. The van der Waals surface area contributed by atoms with Crippen LogP contribution in [-0.2, 0) is 28.8 Å². The molecular formula is C31H44FNO4. The van der Waals surface area contributed by atoms with E-state index in [0.717, 1.165) is 45.1 Å². The van der Waals surface area contributed by atoms with Crippen molar-refractivity contribution >= 4 is 5.97 Å². The molecule has 37 heavy (non-hydrogen) atoms. The summed E-state index contributed by atoms with van der Waals surface area (Å²) in [6, 6.07) is 11.7. The largest absolute Gasteiger partial charge is 0.493 e. The lowest BCUT2D eigenvalue weighted by Crippen LogP contribution is -2.45. The van der Waals surface area contributed by atoms with Crippen LogP contribution in [0.5, 0.6) is 11.5 Å². The van der Waals surface area contributed by atoms with Crippen LogP contribution in [0.2, 0.25) is 0 Å². The maximum absolute atomic E-state index is 14.7. The number of carbonyl (C=O) groups excluding carboxylic acids is 1. The number of benzene rings is 2. The third kappa shape index (κ3) is 7.04. The number of rotatable bonds is 13. The van der Waals surface area contributed by atoms with Crippen LogP contribution in [0.25, 0.3) is 0 Å². The fourth-order valence-corrected chi connectivity index (χ4v) is 5.75. The minimum Gasteiger partial charge on any atom is -0.493 e. The molecule has 2 aromatic rings. The van der Waals surface area contributed by atoms with Gasteiger partial charge in [-0.1, -0.05) is 37.6 Å². The Labute approximate surface area is 222 Å². The van der Waals surface area contributed by atoms with Gasteiger partial charge in [-0.15, -0.1) is 0 Å². The molecule has 0 amide bonds. The Hall–Kier alpha value is -2.60. The van der Waals surface area contributed by atoms with Crippen LogP contribution in [0, 0.1) is 17.2 Å². The second-order valence-electron chi connectivity index (χ2n) is 10.7. The lowest BCUT2D eigenvalue weighted by atomic mass is 9.63. The Morgan fingerprint density at radius 3 is 2.41 bits per heavy atom. The third-order valence-corrected chi connectivity index (χ3v) is 7.83. The van der Waals surface area contributed by atoms with Crippen LogP contribution < -0.4 is 9.47 Å². The van der Waals surface area contributed by atoms with E-state index in [1.807, 2.05) is 20.9 Å². The molecule has 6 heteroatoms. The topological polar surface area (TPSA) is 48.0 Å². The first-order chi connectivity index (χ1) is 17.7. The number of nitrogens with zero attached hydrogens (tertiary/aromatic N) is 1. The number of hydrogen-bond donors (Lipinski definition) is 0. The summed E-state index contributed by atoms with van der Waals surface area (Å²) in [6.45, 7) is 7.41. The summed E-state index contributed by atoms with van der Waals surface area (Å²) in [7, 11) is 5.10. The smallest absolute Gasteiger partial charge is 0.312 e. The van der Waals surface area contributed by atoms with E-state index < -0.39 is 5.41 Å². The Balaban J connectivity index is 1.76. The normalized spacial score (nSPS) is 16.8. The minimum absolute atomic E-state index is 0.0620. The Kier molecular flexibility index (Phi) is 10.4. The number of likely N-dealkylation sites (N-methyl/N-ethyl adjacent to an activating group) is 1. The fraction of sp³-hybridized carbons (Fsp3) is 0.581. The lowest BCUT2D eigenvalue weighted by molar-refractivity contribution is -0.166. The molecule has 2 aromatic carbocycles. The molecule has 0 N–H and O–H groups in total. The third-order valence-electron chi connectivity index (χ3n) is 7.83. The summed E-state index contributed by atoms with van der Waals surface area (Å²) in [5, 5.41) is 0. The van der Waals surface area contributed by atoms with Crippen molar-refractivity contribution in [3.8, 4) is 11.5 Å². The number of esters is 1. The van der Waals surface area contributed by atoms with Crippen molar-refractivity contribution < 1.29 is 23.4 Å². The van der Waals surface area contributed by atoms with E-state index in [1.165, 1.54) is 24.3 Å². The minimum atomic E-state index is -0.532. The predicted molar refractivity (Wildman–Crippen MR) is 146 cm³/mol.